The van der Waals surface area contributed by atoms with Crippen molar-refractivity contribution in [1.82, 2.24) is 28.2 Å². The van der Waals surface area contributed by atoms with Gasteiger partial charge in [-0.25, -0.2) is 37.6 Å². The second kappa shape index (κ2) is 83.0. The normalized spacial score (nSPS) is 10.7. The summed E-state index contributed by atoms with van der Waals surface area (Å²) in [6, 6.07) is 0. The first-order valence-electron chi connectivity index (χ1n) is 37.1. The van der Waals surface area contributed by atoms with Gasteiger partial charge in [0.15, 0.2) is 0 Å². The molecule has 106 heavy (non-hydrogen) atoms. The monoisotopic (exact) mass is 1660 g/mol. The summed E-state index contributed by atoms with van der Waals surface area (Å²) in [7, 11) is -11.3. The lowest BCUT2D eigenvalue weighted by molar-refractivity contribution is -0.697. The van der Waals surface area contributed by atoms with E-state index in [1.165, 1.54) is 25.7 Å². The molecule has 0 amide bonds. The summed E-state index contributed by atoms with van der Waals surface area (Å²) >= 11 is 13.9. The molecule has 0 spiro atoms. The fourth-order valence-electron chi connectivity index (χ4n) is 6.58. The molecular formula is C72H138ClN8O18P3S4. The van der Waals surface area contributed by atoms with Gasteiger partial charge in [-0.1, -0.05) is 140 Å². The number of phosphoric ester groups is 3. The summed E-state index contributed by atoms with van der Waals surface area (Å²) in [5.74, 6) is 5.91. The van der Waals surface area contributed by atoms with Crippen LogP contribution in [0.2, 0.25) is 0 Å². The number of phosphoric acid groups is 3. The van der Waals surface area contributed by atoms with Crippen molar-refractivity contribution in [3.63, 3.8) is 0 Å². The highest BCUT2D eigenvalue weighted by molar-refractivity contribution is 7.99. The van der Waals surface area contributed by atoms with Gasteiger partial charge in [-0.2, -0.15) is 47.9 Å². The molecule has 3 N–H and O–H groups in total. The van der Waals surface area contributed by atoms with Gasteiger partial charge in [0.25, 0.3) is 15.6 Å². The third-order valence-corrected chi connectivity index (χ3v) is 19.6. The van der Waals surface area contributed by atoms with E-state index in [4.69, 9.17) is 45.2 Å². The number of carbonyl (C=O) groups is 2. The number of ether oxygens (including phenoxy) is 1. The largest absolute Gasteiger partial charge is 0.756 e. The van der Waals surface area contributed by atoms with Crippen molar-refractivity contribution in [3.8, 4) is 0 Å². The highest BCUT2D eigenvalue weighted by Gasteiger charge is 2.26. The number of imidazole rings is 4. The average molecular weight is 1660 g/mol. The Labute approximate surface area is 661 Å². The van der Waals surface area contributed by atoms with Crippen molar-refractivity contribution in [2.45, 2.75) is 224 Å². The number of thiol groups is 1. The van der Waals surface area contributed by atoms with Crippen LogP contribution in [0.25, 0.3) is 6.20 Å². The van der Waals surface area contributed by atoms with Crippen molar-refractivity contribution in [3.05, 3.63) is 106 Å². The van der Waals surface area contributed by atoms with E-state index >= 15 is 0 Å². The molecule has 0 bridgehead atoms. The zero-order valence-electron chi connectivity index (χ0n) is 66.1. The molecule has 4 rings (SSSR count). The molecular weight excluding hydrogens is 1520 g/mol. The fourth-order valence-corrected chi connectivity index (χ4v) is 11.5. The van der Waals surface area contributed by atoms with Gasteiger partial charge < -0.3 is 57.1 Å². The van der Waals surface area contributed by atoms with Crippen LogP contribution in [0.3, 0.4) is 0 Å². The second-order valence-electron chi connectivity index (χ2n) is 22.8. The number of allylic oxidation sites excluding steroid dienone is 1. The Bertz CT molecular complexity index is 2620. The van der Waals surface area contributed by atoms with Gasteiger partial charge in [0.05, 0.1) is 105 Å². The Balaban J connectivity index is -0.000000371. The lowest BCUT2D eigenvalue weighted by Gasteiger charge is -2.22. The Hall–Kier alpha value is -2.90. The molecule has 4 heterocycles. The molecule has 0 aliphatic heterocycles. The summed E-state index contributed by atoms with van der Waals surface area (Å²) in [6.45, 7) is 40.7. The molecule has 4 aromatic rings. The average Bonchev–Trinajstić information content (AvgIpc) is 1.46. The number of aliphatic hydroxyl groups excluding tert-OH is 3. The van der Waals surface area contributed by atoms with Crippen LogP contribution in [0, 0.1) is 0 Å². The highest BCUT2D eigenvalue weighted by Crippen LogP contribution is 2.50. The minimum Gasteiger partial charge on any atom is -0.756 e. The van der Waals surface area contributed by atoms with Gasteiger partial charge in [-0.3, -0.25) is 27.5 Å². The van der Waals surface area contributed by atoms with Gasteiger partial charge in [-0.15, -0.1) is 0 Å². The van der Waals surface area contributed by atoms with Crippen LogP contribution in [0.1, 0.15) is 192 Å². The third kappa shape index (κ3) is 82.1. The number of rotatable bonds is 54. The topological polar surface area (TPSA) is 319 Å². The van der Waals surface area contributed by atoms with Crippen molar-refractivity contribution >= 4 is 100 Å². The van der Waals surface area contributed by atoms with E-state index in [0.717, 1.165) is 157 Å². The second-order valence-corrected chi connectivity index (χ2v) is 31.8. The molecule has 0 unspecified atom stereocenters. The molecule has 0 aromatic carbocycles. The van der Waals surface area contributed by atoms with E-state index in [9.17, 15) is 33.1 Å². The van der Waals surface area contributed by atoms with E-state index in [1.807, 2.05) is 44.7 Å². The maximum atomic E-state index is 12.2. The number of aryl methyl sites for hydroxylation is 5. The molecule has 0 aliphatic carbocycles. The predicted octanol–water partition coefficient (Wildman–Crippen LogP) is 15.3. The van der Waals surface area contributed by atoms with Gasteiger partial charge in [0.1, 0.15) is 31.4 Å². The van der Waals surface area contributed by atoms with Crippen LogP contribution in [-0.2, 0) is 92.4 Å². The zero-order valence-corrected chi connectivity index (χ0v) is 72.8. The summed E-state index contributed by atoms with van der Waals surface area (Å²) in [6.07, 6.45) is 42.4. The number of hydrogen-bond donors (Lipinski definition) is 4. The Morgan fingerprint density at radius 1 is 0.500 bits per heavy atom. The van der Waals surface area contributed by atoms with E-state index in [1.54, 1.807) is 84.9 Å². The standard InChI is InChI=1S/C15H25N2O2S.C12H27O4P.C11H21N2OS.2C8H19O4P.C7H12N2OS.C5H6N2.C4H5ClO.C2H6OS/c1-4-5-6-16-7-8-17(13-16)9-11-20-12-10-19-15(18)14(2)3;1-4-7-10-14-17(13,15-11-8-5-2)16-12-9-6-3;1-2-3-4-12-5-6-13(11-12)7-9-15-10-8-14;2*1-3-5-7-11-13(9,10)12-8-6-4-2;10-4-6-11-5-3-9-2-1-8-7-9;1-2-7-4-3-6-5-7;1-3(2)4(5)6;3-1-2-4/h7-8,13H,2,4-6,9-12H2,1,3H3;4-12H2,1-3H3;5-6,11,14H,2-4,7-10H2,1H3;2*3-8H2,1-2H3,(H,9,10);1-2,7,10H,3-6H2;2-5H,1H2;1H2,2H3;3-4H,1-2H2/q+1;;+1;;;;;;/p-2. The SMILES string of the molecule is C=C(C)C(=O)Cl.C=C(C)C(=O)OCCSCCn1cc[n+](CCCC)c1.C=Cn1ccnc1.CCCCOP(=O)(OCCCC)OCCCC.CCCCOP(=O)([O-])OCCCC.CCCCOP(=O)([O-])OCCCC.CCCC[n+]1ccn(CCSCCO)c1.OCCS.OCCSCCn1ccnc1. The van der Waals surface area contributed by atoms with E-state index in [-0.39, 0.29) is 52.2 Å². The molecule has 26 nitrogen and oxygen atoms in total. The summed E-state index contributed by atoms with van der Waals surface area (Å²) in [5, 5.41) is 24.5. The first kappa shape index (κ1) is 112. The number of nitrogens with zero attached hydrogens (tertiary/aromatic N) is 8. The quantitative estimate of drug-likeness (QED) is 0.00607. The minimum atomic E-state index is -4.00. The number of unbranched alkanes of at least 4 members (excludes halogenated alkanes) is 9. The van der Waals surface area contributed by atoms with Crippen LogP contribution in [0.4, 0.5) is 0 Å². The highest BCUT2D eigenvalue weighted by atomic mass is 35.5. The summed E-state index contributed by atoms with van der Waals surface area (Å²) < 4.78 is 86.0. The number of aromatic nitrogens is 8. The third-order valence-electron chi connectivity index (χ3n) is 12.8. The number of hydrogen-bond acceptors (Lipinski definition) is 24. The number of thioether (sulfide) groups is 3. The van der Waals surface area contributed by atoms with Gasteiger partial charge in [0, 0.05) is 88.9 Å². The molecule has 4 aromatic heterocycles. The van der Waals surface area contributed by atoms with Crippen molar-refractivity contribution in [2.75, 3.05) is 113 Å². The fraction of sp³-hybridized carbons (Fsp3) is 0.722. The first-order chi connectivity index (χ1) is 50.8. The van der Waals surface area contributed by atoms with Crippen LogP contribution >= 0.6 is 83.0 Å². The number of carbonyl (C=O) groups excluding carboxylic acids is 2. The number of halogens is 1. The number of esters is 1. The lowest BCUT2D eigenvalue weighted by Crippen LogP contribution is -2.30. The summed E-state index contributed by atoms with van der Waals surface area (Å²) in [4.78, 5) is 50.6. The van der Waals surface area contributed by atoms with E-state index in [2.05, 4.69) is 151 Å². The molecule has 0 aliphatic rings. The molecule has 0 saturated heterocycles. The van der Waals surface area contributed by atoms with Gasteiger partial charge >= 0.3 is 13.8 Å². The van der Waals surface area contributed by atoms with Crippen LogP contribution in [0.5, 0.6) is 0 Å². The molecule has 620 valence electrons. The number of aliphatic hydroxyl groups is 3. The molecule has 0 atom stereocenters. The van der Waals surface area contributed by atoms with Gasteiger partial charge in [0.2, 0.25) is 17.9 Å². The lowest BCUT2D eigenvalue weighted by atomic mass is 10.3. The maximum Gasteiger partial charge on any atom is 0.474 e. The molecule has 0 radical (unpaired) electrons. The maximum absolute atomic E-state index is 12.2. The van der Waals surface area contributed by atoms with Crippen LogP contribution < -0.4 is 18.9 Å². The summed E-state index contributed by atoms with van der Waals surface area (Å²) in [5.41, 5.74) is 0.843. The van der Waals surface area contributed by atoms with E-state index < -0.39 is 28.7 Å². The Morgan fingerprint density at radius 2 is 0.830 bits per heavy atom. The van der Waals surface area contributed by atoms with Gasteiger partial charge in [-0.05, 0) is 83.2 Å². The predicted molar refractivity (Wildman–Crippen MR) is 437 cm³/mol. The van der Waals surface area contributed by atoms with Crippen molar-refractivity contribution in [1.29, 1.82) is 0 Å². The minimum absolute atomic E-state index is 0.184. The molecule has 34 heteroatoms. The first-order valence-corrected chi connectivity index (χ1v) is 45.9. The smallest absolute Gasteiger partial charge is 0.474 e. The Morgan fingerprint density at radius 3 is 1.10 bits per heavy atom. The molecule has 0 saturated carbocycles. The van der Waals surface area contributed by atoms with Crippen molar-refractivity contribution < 1.29 is 93.9 Å². The molecule has 0 fully saturated rings. The van der Waals surface area contributed by atoms with E-state index in [0.29, 0.717) is 43.3 Å². The van der Waals surface area contributed by atoms with Crippen molar-refractivity contribution in [2.24, 2.45) is 0 Å². The van der Waals surface area contributed by atoms with Crippen LogP contribution in [-0.4, -0.2) is 168 Å². The Kier molecular flexibility index (Phi) is 87.5. The van der Waals surface area contributed by atoms with Crippen LogP contribution in [0.15, 0.2) is 106 Å². The zero-order chi connectivity index (χ0) is 80.6.